The van der Waals surface area contributed by atoms with E-state index in [2.05, 4.69) is 10.2 Å². The summed E-state index contributed by atoms with van der Waals surface area (Å²) in [6.45, 7) is 3.21. The number of ether oxygens (including phenoxy) is 1. The third kappa shape index (κ3) is 5.07. The van der Waals surface area contributed by atoms with Crippen LogP contribution in [0.3, 0.4) is 0 Å². The second-order valence-corrected chi connectivity index (χ2v) is 6.20. The first-order valence-electron chi connectivity index (χ1n) is 7.29. The van der Waals surface area contributed by atoms with Gasteiger partial charge in [0.05, 0.1) is 12.4 Å². The molecule has 0 aliphatic carbocycles. The molecule has 0 aliphatic heterocycles. The molecule has 2 N–H and O–H groups in total. The van der Waals surface area contributed by atoms with Crippen molar-refractivity contribution in [3.8, 4) is 11.5 Å². The number of carbonyl (C=O) groups is 1. The molecular formula is C16H16ClN3O4S. The van der Waals surface area contributed by atoms with E-state index in [1.807, 2.05) is 0 Å². The van der Waals surface area contributed by atoms with Crippen molar-refractivity contribution >= 4 is 35.0 Å². The van der Waals surface area contributed by atoms with E-state index in [4.69, 9.17) is 26.2 Å². The van der Waals surface area contributed by atoms with Gasteiger partial charge in [0.25, 0.3) is 5.22 Å². The van der Waals surface area contributed by atoms with Crippen molar-refractivity contribution < 1.29 is 19.1 Å². The quantitative estimate of drug-likeness (QED) is 0.246. The van der Waals surface area contributed by atoms with E-state index in [0.29, 0.717) is 16.5 Å². The molecule has 0 unspecified atom stereocenters. The zero-order chi connectivity index (χ0) is 18.4. The highest BCUT2D eigenvalue weighted by Crippen LogP contribution is 2.25. The number of halogens is 1. The summed E-state index contributed by atoms with van der Waals surface area (Å²) in [5.74, 6) is -0.703. The van der Waals surface area contributed by atoms with E-state index >= 15 is 0 Å². The topological polar surface area (TPSA) is 109 Å². The number of esters is 1. The summed E-state index contributed by atoms with van der Waals surface area (Å²) in [4.78, 5) is 11.8. The number of hydrogen-bond acceptors (Lipinski definition) is 8. The fourth-order valence-electron chi connectivity index (χ4n) is 1.87. The molecule has 0 saturated carbocycles. The van der Waals surface area contributed by atoms with E-state index in [1.165, 1.54) is 6.92 Å². The predicted molar refractivity (Wildman–Crippen MR) is 95.2 cm³/mol. The average Bonchev–Trinajstić information content (AvgIpc) is 3.02. The van der Waals surface area contributed by atoms with Gasteiger partial charge in [-0.1, -0.05) is 23.4 Å². The predicted octanol–water partition coefficient (Wildman–Crippen LogP) is 3.90. The maximum absolute atomic E-state index is 11.8. The van der Waals surface area contributed by atoms with E-state index < -0.39 is 5.97 Å². The van der Waals surface area contributed by atoms with E-state index in [0.717, 1.165) is 11.8 Å². The molecule has 1 aromatic heterocycles. The van der Waals surface area contributed by atoms with Crippen LogP contribution in [-0.2, 0) is 9.53 Å². The Bertz CT molecular complexity index is 802. The van der Waals surface area contributed by atoms with Gasteiger partial charge < -0.3 is 19.7 Å². The lowest BCUT2D eigenvalue weighted by atomic mass is 10.1. The molecule has 1 heterocycles. The lowest BCUT2D eigenvalue weighted by Gasteiger charge is -2.08. The largest absolute Gasteiger partial charge is 0.510 e. The van der Waals surface area contributed by atoms with Crippen LogP contribution < -0.4 is 0 Å². The molecular weight excluding hydrogens is 366 g/mol. The summed E-state index contributed by atoms with van der Waals surface area (Å²) >= 11 is 6.88. The Hall–Kier alpha value is -2.32. The Labute approximate surface area is 153 Å². The number of carbonyl (C=O) groups excluding carboxylic acids is 1. The van der Waals surface area contributed by atoms with Gasteiger partial charge in [0.1, 0.15) is 11.3 Å². The SMILES string of the molecule is CCOC(=O)/C(C(C)=N)=C(\O)CSc1nnc(-c2ccc(Cl)cc2)o1. The van der Waals surface area contributed by atoms with E-state index in [9.17, 15) is 9.90 Å². The van der Waals surface area contributed by atoms with Crippen molar-refractivity contribution in [1.29, 1.82) is 5.41 Å². The van der Waals surface area contributed by atoms with Crippen molar-refractivity contribution in [3.05, 3.63) is 40.6 Å². The summed E-state index contributed by atoms with van der Waals surface area (Å²) in [5, 5.41) is 26.4. The van der Waals surface area contributed by atoms with Crippen molar-refractivity contribution in [1.82, 2.24) is 10.2 Å². The van der Waals surface area contributed by atoms with Crippen LogP contribution >= 0.6 is 23.4 Å². The molecule has 2 rings (SSSR count). The molecule has 132 valence electrons. The lowest BCUT2D eigenvalue weighted by Crippen LogP contribution is -2.16. The molecule has 0 saturated heterocycles. The minimum Gasteiger partial charge on any atom is -0.510 e. The Kier molecular flexibility index (Phi) is 6.60. The maximum Gasteiger partial charge on any atom is 0.343 e. The molecule has 0 fully saturated rings. The summed E-state index contributed by atoms with van der Waals surface area (Å²) in [6, 6.07) is 6.92. The third-order valence-corrected chi connectivity index (χ3v) is 4.05. The fourth-order valence-corrected chi connectivity index (χ4v) is 2.64. The molecule has 2 aromatic rings. The Morgan fingerprint density at radius 3 is 2.64 bits per heavy atom. The number of aliphatic hydroxyl groups excluding tert-OH is 1. The van der Waals surface area contributed by atoms with Gasteiger partial charge in [-0.2, -0.15) is 0 Å². The monoisotopic (exact) mass is 381 g/mol. The summed E-state index contributed by atoms with van der Waals surface area (Å²) in [6.07, 6.45) is 0. The van der Waals surface area contributed by atoms with Crippen LogP contribution in [0.2, 0.25) is 5.02 Å². The molecule has 7 nitrogen and oxygen atoms in total. The van der Waals surface area contributed by atoms with Crippen molar-refractivity contribution in [2.45, 2.75) is 19.1 Å². The van der Waals surface area contributed by atoms with Gasteiger partial charge in [0.15, 0.2) is 0 Å². The van der Waals surface area contributed by atoms with E-state index in [1.54, 1.807) is 31.2 Å². The second-order valence-electron chi connectivity index (χ2n) is 4.84. The maximum atomic E-state index is 11.8. The molecule has 0 bridgehead atoms. The van der Waals surface area contributed by atoms with Gasteiger partial charge in [-0.05, 0) is 38.1 Å². The molecule has 1 aromatic carbocycles. The Morgan fingerprint density at radius 1 is 1.36 bits per heavy atom. The molecule has 0 spiro atoms. The van der Waals surface area contributed by atoms with Crippen LogP contribution in [-0.4, -0.2) is 39.3 Å². The van der Waals surface area contributed by atoms with Crippen LogP contribution in [0.15, 0.2) is 45.2 Å². The van der Waals surface area contributed by atoms with Gasteiger partial charge in [0.2, 0.25) is 5.89 Å². The minimum atomic E-state index is -0.736. The molecule has 0 radical (unpaired) electrons. The van der Waals surface area contributed by atoms with Crippen LogP contribution in [0.25, 0.3) is 11.5 Å². The zero-order valence-electron chi connectivity index (χ0n) is 13.6. The normalized spacial score (nSPS) is 11.8. The summed E-state index contributed by atoms with van der Waals surface area (Å²) in [7, 11) is 0. The van der Waals surface area contributed by atoms with Crippen LogP contribution in [0, 0.1) is 5.41 Å². The van der Waals surface area contributed by atoms with E-state index in [-0.39, 0.29) is 34.6 Å². The minimum absolute atomic E-state index is 0.00732. The first kappa shape index (κ1) is 19.0. The molecule has 0 atom stereocenters. The van der Waals surface area contributed by atoms with Crippen molar-refractivity contribution in [3.63, 3.8) is 0 Å². The van der Waals surface area contributed by atoms with Gasteiger partial charge in [-0.3, -0.25) is 0 Å². The van der Waals surface area contributed by atoms with Crippen LogP contribution in [0.1, 0.15) is 13.8 Å². The number of hydrogen-bond donors (Lipinski definition) is 2. The van der Waals surface area contributed by atoms with Gasteiger partial charge >= 0.3 is 5.97 Å². The number of benzene rings is 1. The molecule has 25 heavy (non-hydrogen) atoms. The standard InChI is InChI=1S/C16H16ClN3O4S/c1-3-23-15(22)13(9(2)18)12(21)8-25-16-20-19-14(24-16)10-4-6-11(17)7-5-10/h4-7,18,21H,3,8H2,1-2H3/b13-12-,18-9?. The molecule has 0 amide bonds. The van der Waals surface area contributed by atoms with Gasteiger partial charge in [0, 0.05) is 16.3 Å². The number of rotatable bonds is 7. The number of aromatic nitrogens is 2. The molecule has 0 aliphatic rings. The highest BCUT2D eigenvalue weighted by molar-refractivity contribution is 7.99. The lowest BCUT2D eigenvalue weighted by molar-refractivity contribution is -0.138. The smallest absolute Gasteiger partial charge is 0.343 e. The summed E-state index contributed by atoms with van der Waals surface area (Å²) < 4.78 is 10.3. The number of thioether (sulfide) groups is 1. The van der Waals surface area contributed by atoms with Gasteiger partial charge in [-0.15, -0.1) is 10.2 Å². The zero-order valence-corrected chi connectivity index (χ0v) is 15.1. The average molecular weight is 382 g/mol. The highest BCUT2D eigenvalue weighted by Gasteiger charge is 2.20. The third-order valence-electron chi connectivity index (χ3n) is 2.97. The first-order valence-corrected chi connectivity index (χ1v) is 8.65. The van der Waals surface area contributed by atoms with Crippen LogP contribution in [0.5, 0.6) is 0 Å². The van der Waals surface area contributed by atoms with Crippen LogP contribution in [0.4, 0.5) is 0 Å². The highest BCUT2D eigenvalue weighted by atomic mass is 35.5. The number of aliphatic hydroxyl groups is 1. The van der Waals surface area contributed by atoms with Crippen molar-refractivity contribution in [2.24, 2.45) is 0 Å². The second kappa shape index (κ2) is 8.68. The van der Waals surface area contributed by atoms with Crippen molar-refractivity contribution in [2.75, 3.05) is 12.4 Å². The summed E-state index contributed by atoms with van der Waals surface area (Å²) in [5.41, 5.74) is 0.474. The number of nitrogens with one attached hydrogen (secondary N) is 1. The Balaban J connectivity index is 2.10. The first-order chi connectivity index (χ1) is 11.9. The Morgan fingerprint density at radius 2 is 2.04 bits per heavy atom. The number of nitrogens with zero attached hydrogens (tertiary/aromatic N) is 2. The van der Waals surface area contributed by atoms with Gasteiger partial charge in [-0.25, -0.2) is 4.79 Å². The fraction of sp³-hybridized carbons (Fsp3) is 0.250. The molecule has 9 heteroatoms.